The van der Waals surface area contributed by atoms with Crippen molar-refractivity contribution >= 4 is 0 Å². The Morgan fingerprint density at radius 1 is 1.37 bits per heavy atom. The first kappa shape index (κ1) is 11.9. The van der Waals surface area contributed by atoms with Crippen molar-refractivity contribution in [1.29, 1.82) is 5.26 Å². The summed E-state index contributed by atoms with van der Waals surface area (Å²) < 4.78 is 10.7. The van der Waals surface area contributed by atoms with E-state index in [4.69, 9.17) is 14.1 Å². The van der Waals surface area contributed by atoms with Gasteiger partial charge in [-0.05, 0) is 32.0 Å². The zero-order valence-electron chi connectivity index (χ0n) is 10.5. The Hall–Kier alpha value is -2.13. The molecule has 1 fully saturated rings. The van der Waals surface area contributed by atoms with Crippen LogP contribution < -0.4 is 0 Å². The molecule has 0 amide bonds. The van der Waals surface area contributed by atoms with Crippen molar-refractivity contribution in [1.82, 2.24) is 15.1 Å². The lowest BCUT2D eigenvalue weighted by Crippen LogP contribution is -2.33. The quantitative estimate of drug-likeness (QED) is 0.784. The number of furan rings is 1. The highest BCUT2D eigenvalue weighted by Crippen LogP contribution is 2.29. The zero-order valence-corrected chi connectivity index (χ0v) is 10.5. The van der Waals surface area contributed by atoms with Crippen LogP contribution in [-0.4, -0.2) is 34.7 Å². The molecular formula is C13H14N4O2. The Balaban J connectivity index is 1.66. The van der Waals surface area contributed by atoms with Gasteiger partial charge < -0.3 is 8.83 Å². The van der Waals surface area contributed by atoms with Gasteiger partial charge in [0.05, 0.1) is 24.4 Å². The minimum atomic E-state index is 0.295. The number of nitriles is 1. The number of hydrogen-bond donors (Lipinski definition) is 0. The van der Waals surface area contributed by atoms with Crippen LogP contribution in [0.5, 0.6) is 0 Å². The van der Waals surface area contributed by atoms with Gasteiger partial charge in [-0.25, -0.2) is 0 Å². The Morgan fingerprint density at radius 2 is 2.21 bits per heavy atom. The third-order valence-corrected chi connectivity index (χ3v) is 3.44. The second-order valence-electron chi connectivity index (χ2n) is 4.67. The number of likely N-dealkylation sites (tertiary alicyclic amines) is 1. The van der Waals surface area contributed by atoms with E-state index < -0.39 is 0 Å². The molecule has 0 bridgehead atoms. The molecule has 6 heteroatoms. The predicted octanol–water partition coefficient (Wildman–Crippen LogP) is 2.03. The maximum absolute atomic E-state index is 8.67. The largest absolute Gasteiger partial charge is 0.472 e. The summed E-state index contributed by atoms with van der Waals surface area (Å²) in [5, 5.41) is 16.8. The number of hydrogen-bond acceptors (Lipinski definition) is 6. The van der Waals surface area contributed by atoms with E-state index in [2.05, 4.69) is 21.2 Å². The van der Waals surface area contributed by atoms with E-state index in [1.807, 2.05) is 0 Å². The fourth-order valence-corrected chi connectivity index (χ4v) is 2.34. The van der Waals surface area contributed by atoms with Crippen molar-refractivity contribution in [3.05, 3.63) is 24.5 Å². The smallest absolute Gasteiger partial charge is 0.250 e. The Morgan fingerprint density at radius 3 is 2.89 bits per heavy atom. The summed E-state index contributed by atoms with van der Waals surface area (Å²) in [4.78, 5) is 2.14. The molecule has 0 unspecified atom stereocenters. The molecular weight excluding hydrogens is 244 g/mol. The Kier molecular flexibility index (Phi) is 3.29. The summed E-state index contributed by atoms with van der Waals surface area (Å²) in [5.74, 6) is 1.49. The van der Waals surface area contributed by atoms with Crippen molar-refractivity contribution in [2.45, 2.75) is 18.8 Å². The molecule has 1 saturated heterocycles. The predicted molar refractivity (Wildman–Crippen MR) is 66.0 cm³/mol. The standard InChI is InChI=1S/C13H14N4O2/c14-4-7-17-5-1-10(2-6-17)12-15-16-13(19-12)11-3-8-18-9-11/h3,8-10H,1-2,5-7H2. The number of rotatable bonds is 3. The van der Waals surface area contributed by atoms with Gasteiger partial charge in [0.1, 0.15) is 6.26 Å². The molecule has 3 heterocycles. The maximum atomic E-state index is 8.67. The molecule has 98 valence electrons. The van der Waals surface area contributed by atoms with Gasteiger partial charge in [0, 0.05) is 5.92 Å². The van der Waals surface area contributed by atoms with Crippen LogP contribution in [0.1, 0.15) is 24.7 Å². The van der Waals surface area contributed by atoms with Gasteiger partial charge in [-0.3, -0.25) is 4.90 Å². The van der Waals surface area contributed by atoms with Gasteiger partial charge in [0.2, 0.25) is 5.89 Å². The fourth-order valence-electron chi connectivity index (χ4n) is 2.34. The van der Waals surface area contributed by atoms with Crippen LogP contribution in [0.25, 0.3) is 11.5 Å². The van der Waals surface area contributed by atoms with Gasteiger partial charge in [-0.2, -0.15) is 5.26 Å². The first-order valence-electron chi connectivity index (χ1n) is 6.32. The molecule has 0 aromatic carbocycles. The third-order valence-electron chi connectivity index (χ3n) is 3.44. The van der Waals surface area contributed by atoms with Gasteiger partial charge >= 0.3 is 0 Å². The highest BCUT2D eigenvalue weighted by atomic mass is 16.4. The van der Waals surface area contributed by atoms with Crippen LogP contribution in [0.4, 0.5) is 0 Å². The van der Waals surface area contributed by atoms with Crippen molar-refractivity contribution in [2.75, 3.05) is 19.6 Å². The van der Waals surface area contributed by atoms with E-state index in [-0.39, 0.29) is 0 Å². The third kappa shape index (κ3) is 2.51. The fraction of sp³-hybridized carbons (Fsp3) is 0.462. The second-order valence-corrected chi connectivity index (χ2v) is 4.67. The summed E-state index contributed by atoms with van der Waals surface area (Å²) in [6, 6.07) is 3.98. The van der Waals surface area contributed by atoms with Crippen molar-refractivity contribution in [3.63, 3.8) is 0 Å². The lowest BCUT2D eigenvalue weighted by atomic mass is 9.97. The molecule has 19 heavy (non-hydrogen) atoms. The summed E-state index contributed by atoms with van der Waals surface area (Å²) in [7, 11) is 0. The first-order valence-corrected chi connectivity index (χ1v) is 6.32. The van der Waals surface area contributed by atoms with Gasteiger partial charge in [-0.15, -0.1) is 10.2 Å². The molecule has 1 aliphatic heterocycles. The molecule has 0 atom stereocenters. The first-order chi connectivity index (χ1) is 9.36. The lowest BCUT2D eigenvalue weighted by molar-refractivity contribution is 0.220. The highest BCUT2D eigenvalue weighted by molar-refractivity contribution is 5.49. The van der Waals surface area contributed by atoms with E-state index in [0.717, 1.165) is 31.5 Å². The van der Waals surface area contributed by atoms with Gasteiger partial charge in [0.15, 0.2) is 0 Å². The van der Waals surface area contributed by atoms with Crippen LogP contribution in [0.2, 0.25) is 0 Å². The minimum Gasteiger partial charge on any atom is -0.472 e. The molecule has 2 aromatic rings. The van der Waals surface area contributed by atoms with Crippen molar-refractivity contribution in [3.8, 4) is 17.5 Å². The summed E-state index contributed by atoms with van der Waals surface area (Å²) in [5.41, 5.74) is 0.806. The topological polar surface area (TPSA) is 79.1 Å². The van der Waals surface area contributed by atoms with E-state index in [0.29, 0.717) is 24.2 Å². The van der Waals surface area contributed by atoms with E-state index in [1.54, 1.807) is 18.6 Å². The van der Waals surface area contributed by atoms with E-state index in [1.165, 1.54) is 0 Å². The van der Waals surface area contributed by atoms with Crippen LogP contribution >= 0.6 is 0 Å². The monoisotopic (exact) mass is 258 g/mol. The van der Waals surface area contributed by atoms with Gasteiger partial charge in [-0.1, -0.05) is 0 Å². The number of nitrogens with zero attached hydrogens (tertiary/aromatic N) is 4. The van der Waals surface area contributed by atoms with Crippen molar-refractivity contribution < 1.29 is 8.83 Å². The number of piperidine rings is 1. The van der Waals surface area contributed by atoms with Crippen LogP contribution in [0.15, 0.2) is 27.4 Å². The number of aromatic nitrogens is 2. The normalized spacial score (nSPS) is 17.4. The van der Waals surface area contributed by atoms with E-state index in [9.17, 15) is 0 Å². The maximum Gasteiger partial charge on any atom is 0.250 e. The lowest BCUT2D eigenvalue weighted by Gasteiger charge is -2.28. The average Bonchev–Trinajstić information content (AvgIpc) is 3.11. The Labute approximate surface area is 110 Å². The zero-order chi connectivity index (χ0) is 13.1. The second kappa shape index (κ2) is 5.24. The minimum absolute atomic E-state index is 0.295. The summed E-state index contributed by atoms with van der Waals surface area (Å²) in [6.45, 7) is 2.31. The molecule has 6 nitrogen and oxygen atoms in total. The molecule has 0 radical (unpaired) electrons. The highest BCUT2D eigenvalue weighted by Gasteiger charge is 2.25. The van der Waals surface area contributed by atoms with Crippen LogP contribution in [0, 0.1) is 11.3 Å². The molecule has 0 N–H and O–H groups in total. The molecule has 1 aliphatic rings. The summed E-state index contributed by atoms with van der Waals surface area (Å²) >= 11 is 0. The molecule has 3 rings (SSSR count). The average molecular weight is 258 g/mol. The van der Waals surface area contributed by atoms with Crippen LogP contribution in [-0.2, 0) is 0 Å². The molecule has 2 aromatic heterocycles. The Bertz CT molecular complexity index is 562. The van der Waals surface area contributed by atoms with E-state index >= 15 is 0 Å². The molecule has 0 aliphatic carbocycles. The molecule has 0 spiro atoms. The van der Waals surface area contributed by atoms with Crippen molar-refractivity contribution in [2.24, 2.45) is 0 Å². The van der Waals surface area contributed by atoms with Gasteiger partial charge in [0.25, 0.3) is 5.89 Å². The molecule has 0 saturated carbocycles. The summed E-state index contributed by atoms with van der Waals surface area (Å²) in [6.07, 6.45) is 5.08. The van der Waals surface area contributed by atoms with Crippen LogP contribution in [0.3, 0.4) is 0 Å². The SMILES string of the molecule is N#CCN1CCC(c2nnc(-c3ccoc3)o2)CC1.